The van der Waals surface area contributed by atoms with Crippen molar-refractivity contribution in [3.8, 4) is 5.69 Å². The van der Waals surface area contributed by atoms with Crippen LogP contribution in [0.1, 0.15) is 17.4 Å². The zero-order chi connectivity index (χ0) is 33.6. The summed E-state index contributed by atoms with van der Waals surface area (Å²) >= 11 is 6.54. The van der Waals surface area contributed by atoms with Crippen molar-refractivity contribution < 1.29 is 22.0 Å². The average Bonchev–Trinajstić information content (AvgIpc) is 3.53. The first-order chi connectivity index (χ1) is 22.3. The number of pyridine rings is 1. The molecule has 0 aliphatic heterocycles. The van der Waals surface area contributed by atoms with Crippen LogP contribution in [0.25, 0.3) is 27.6 Å². The number of nitrogens with one attached hydrogen (secondary N) is 2. The average molecular weight is 683 g/mol. The summed E-state index contributed by atoms with van der Waals surface area (Å²) in [6, 6.07) is 9.27. The van der Waals surface area contributed by atoms with Crippen LogP contribution >= 0.6 is 11.6 Å². The predicted octanol–water partition coefficient (Wildman–Crippen LogP) is 2.85. The summed E-state index contributed by atoms with van der Waals surface area (Å²) in [6.07, 6.45) is 3.67. The summed E-state index contributed by atoms with van der Waals surface area (Å²) in [5.74, 6) is -2.22. The molecule has 1 unspecified atom stereocenters. The number of hydrogen-bond donors (Lipinski definition) is 3. The van der Waals surface area contributed by atoms with E-state index in [1.807, 2.05) is 0 Å². The Balaban J connectivity index is 1.60. The lowest BCUT2D eigenvalue weighted by Gasteiger charge is -2.23. The van der Waals surface area contributed by atoms with Crippen molar-refractivity contribution in [1.29, 1.82) is 0 Å². The number of benzene rings is 2. The SMILES string of the molecule is Cn1nc(NS(C)(=O)=O)c2c(Cl)ccc(-n3c(C(Cc4cc(F)cc(F)c4)NC(=O)Cn4ccc(N)n4)nc4ncccc4c3=O)c21. The van der Waals surface area contributed by atoms with E-state index in [1.54, 1.807) is 6.07 Å². The number of aromatic nitrogens is 7. The van der Waals surface area contributed by atoms with Gasteiger partial charge in [-0.15, -0.1) is 0 Å². The minimum absolute atomic E-state index is 0.0444. The summed E-state index contributed by atoms with van der Waals surface area (Å²) in [7, 11) is -2.26. The monoisotopic (exact) mass is 682 g/mol. The molecule has 14 nitrogen and oxygen atoms in total. The molecule has 18 heteroatoms. The van der Waals surface area contributed by atoms with Crippen LogP contribution in [0.3, 0.4) is 0 Å². The van der Waals surface area contributed by atoms with Crippen molar-refractivity contribution >= 4 is 61.1 Å². The number of nitrogens with two attached hydrogens (primary N) is 1. The zero-order valence-electron chi connectivity index (χ0n) is 24.6. The van der Waals surface area contributed by atoms with Gasteiger partial charge in [-0.25, -0.2) is 27.2 Å². The fourth-order valence-electron chi connectivity index (χ4n) is 5.31. The van der Waals surface area contributed by atoms with E-state index >= 15 is 0 Å². The Labute approximate surface area is 269 Å². The van der Waals surface area contributed by atoms with Gasteiger partial charge in [-0.1, -0.05) is 11.6 Å². The fourth-order valence-corrected chi connectivity index (χ4v) is 6.05. The zero-order valence-corrected chi connectivity index (χ0v) is 26.2. The molecule has 0 spiro atoms. The highest BCUT2D eigenvalue weighted by Gasteiger charge is 2.27. The number of anilines is 2. The van der Waals surface area contributed by atoms with Crippen molar-refractivity contribution in [3.63, 3.8) is 0 Å². The van der Waals surface area contributed by atoms with E-state index in [1.165, 1.54) is 57.6 Å². The lowest BCUT2D eigenvalue weighted by atomic mass is 10.0. The normalized spacial score (nSPS) is 12.4. The molecular weight excluding hydrogens is 658 g/mol. The molecule has 6 aromatic rings. The molecule has 4 N–H and O–H groups in total. The van der Waals surface area contributed by atoms with Crippen molar-refractivity contribution in [2.45, 2.75) is 19.0 Å². The van der Waals surface area contributed by atoms with Gasteiger partial charge in [0.15, 0.2) is 11.5 Å². The highest BCUT2D eigenvalue weighted by Crippen LogP contribution is 2.35. The molecule has 47 heavy (non-hydrogen) atoms. The Bertz CT molecular complexity index is 2350. The van der Waals surface area contributed by atoms with E-state index in [2.05, 4.69) is 30.2 Å². The van der Waals surface area contributed by atoms with E-state index in [0.717, 1.165) is 18.4 Å². The van der Waals surface area contributed by atoms with Crippen LogP contribution in [0.5, 0.6) is 0 Å². The molecule has 1 atom stereocenters. The highest BCUT2D eigenvalue weighted by molar-refractivity contribution is 7.92. The standard InChI is InChI=1S/C29H25ClF2N10O4S/c1-40-25-21(6-5-19(30)24(25)27(38-40)39-47(2,45)46)42-28(36-26-18(29(42)44)4-3-8-34-26)20(12-15-10-16(31)13-17(32)11-15)35-23(43)14-41-9-7-22(33)37-41/h3-11,13,20H,12,14H2,1-2H3,(H2,33,37)(H,35,43)(H,38,39). The minimum Gasteiger partial charge on any atom is -0.382 e. The molecule has 0 fully saturated rings. The number of sulfonamides is 1. The lowest BCUT2D eigenvalue weighted by Crippen LogP contribution is -2.37. The topological polar surface area (TPSA) is 185 Å². The number of rotatable bonds is 9. The van der Waals surface area contributed by atoms with Crippen LogP contribution in [0.4, 0.5) is 20.4 Å². The third-order valence-electron chi connectivity index (χ3n) is 7.08. The maximum atomic E-state index is 14.3. The molecule has 4 heterocycles. The number of amides is 1. The second kappa shape index (κ2) is 12.1. The molecule has 1 amide bonds. The quantitative estimate of drug-likeness (QED) is 0.206. The van der Waals surface area contributed by atoms with Crippen LogP contribution in [0.2, 0.25) is 5.02 Å². The molecule has 0 aliphatic rings. The molecule has 0 aliphatic carbocycles. The van der Waals surface area contributed by atoms with Gasteiger partial charge in [-0.3, -0.25) is 28.2 Å². The molecule has 0 saturated carbocycles. The van der Waals surface area contributed by atoms with E-state index in [0.29, 0.717) is 6.07 Å². The maximum absolute atomic E-state index is 14.3. The number of carbonyl (C=O) groups excluding carboxylic acids is 1. The number of fused-ring (bicyclic) bond motifs is 2. The number of nitrogen functional groups attached to an aromatic ring is 1. The molecular formula is C29H25ClF2N10O4S. The Morgan fingerprint density at radius 2 is 1.85 bits per heavy atom. The number of hydrogen-bond acceptors (Lipinski definition) is 9. The molecule has 0 radical (unpaired) electrons. The third kappa shape index (κ3) is 6.48. The van der Waals surface area contributed by atoms with E-state index in [4.69, 9.17) is 17.3 Å². The van der Waals surface area contributed by atoms with E-state index in [-0.39, 0.29) is 68.6 Å². The predicted molar refractivity (Wildman–Crippen MR) is 170 cm³/mol. The first-order valence-corrected chi connectivity index (χ1v) is 16.1. The lowest BCUT2D eigenvalue weighted by molar-refractivity contribution is -0.122. The second-order valence-corrected chi connectivity index (χ2v) is 12.8. The van der Waals surface area contributed by atoms with E-state index < -0.39 is 39.2 Å². The smallest absolute Gasteiger partial charge is 0.267 e. The summed E-state index contributed by atoms with van der Waals surface area (Å²) in [6.45, 7) is -0.283. The molecule has 6 rings (SSSR count). The van der Waals surface area contributed by atoms with Gasteiger partial charge in [-0.2, -0.15) is 10.2 Å². The number of halogens is 3. The highest BCUT2D eigenvalue weighted by atomic mass is 35.5. The summed E-state index contributed by atoms with van der Waals surface area (Å²) in [5.41, 5.74) is 5.69. The van der Waals surface area contributed by atoms with Crippen LogP contribution in [-0.4, -0.2) is 54.7 Å². The van der Waals surface area contributed by atoms with Crippen LogP contribution in [-0.2, 0) is 34.8 Å². The van der Waals surface area contributed by atoms with Gasteiger partial charge >= 0.3 is 0 Å². The summed E-state index contributed by atoms with van der Waals surface area (Å²) in [4.78, 5) is 36.6. The number of carbonyl (C=O) groups is 1. The number of aryl methyl sites for hydroxylation is 1. The fraction of sp³-hybridized carbons (Fsp3) is 0.172. The van der Waals surface area contributed by atoms with Gasteiger partial charge < -0.3 is 11.1 Å². The molecule has 4 aromatic heterocycles. The van der Waals surface area contributed by atoms with E-state index in [9.17, 15) is 26.8 Å². The minimum atomic E-state index is -3.78. The largest absolute Gasteiger partial charge is 0.382 e. The first kappa shape index (κ1) is 31.6. The number of nitrogens with zero attached hydrogens (tertiary/aromatic N) is 7. The van der Waals surface area contributed by atoms with Gasteiger partial charge in [0.25, 0.3) is 5.56 Å². The van der Waals surface area contributed by atoms with Crippen molar-refractivity contribution in [3.05, 3.63) is 99.3 Å². The Morgan fingerprint density at radius 3 is 2.53 bits per heavy atom. The van der Waals surface area contributed by atoms with Crippen molar-refractivity contribution in [1.82, 2.24) is 39.4 Å². The van der Waals surface area contributed by atoms with Crippen LogP contribution < -0.4 is 21.3 Å². The Kier molecular flexibility index (Phi) is 8.10. The third-order valence-corrected chi connectivity index (χ3v) is 7.96. The summed E-state index contributed by atoms with van der Waals surface area (Å²) < 4.78 is 59.1. The van der Waals surface area contributed by atoms with Crippen molar-refractivity contribution in [2.24, 2.45) is 7.05 Å². The van der Waals surface area contributed by atoms with Gasteiger partial charge in [0, 0.05) is 31.9 Å². The molecule has 0 saturated heterocycles. The van der Waals surface area contributed by atoms with Crippen LogP contribution in [0, 0.1) is 11.6 Å². The van der Waals surface area contributed by atoms with Gasteiger partial charge in [0.1, 0.15) is 29.8 Å². The Hall–Kier alpha value is -5.42. The van der Waals surface area contributed by atoms with Gasteiger partial charge in [0.2, 0.25) is 15.9 Å². The van der Waals surface area contributed by atoms with Gasteiger partial charge in [-0.05, 0) is 48.0 Å². The van der Waals surface area contributed by atoms with Gasteiger partial charge in [0.05, 0.1) is 39.3 Å². The second-order valence-electron chi connectivity index (χ2n) is 10.7. The Morgan fingerprint density at radius 1 is 1.11 bits per heavy atom. The van der Waals surface area contributed by atoms with Crippen LogP contribution in [0.15, 0.2) is 65.7 Å². The first-order valence-electron chi connectivity index (χ1n) is 13.8. The summed E-state index contributed by atoms with van der Waals surface area (Å²) in [5, 5.41) is 11.6. The van der Waals surface area contributed by atoms with Crippen molar-refractivity contribution in [2.75, 3.05) is 16.7 Å². The molecule has 2 aromatic carbocycles. The molecule has 0 bridgehead atoms. The molecule has 242 valence electrons. The maximum Gasteiger partial charge on any atom is 0.267 e.